The van der Waals surface area contributed by atoms with Crippen LogP contribution in [0.15, 0.2) is 12.1 Å². The zero-order valence-corrected chi connectivity index (χ0v) is 13.2. The van der Waals surface area contributed by atoms with Gasteiger partial charge in [0.25, 0.3) is 0 Å². The smallest absolute Gasteiger partial charge is 0.545 e. The second kappa shape index (κ2) is 7.14. The van der Waals surface area contributed by atoms with Gasteiger partial charge in [-0.2, -0.15) is 0 Å². The first-order valence-corrected chi connectivity index (χ1v) is 4.77. The molecule has 0 bridgehead atoms. The number of aromatic carboxylic acids is 1. The van der Waals surface area contributed by atoms with E-state index in [0.717, 1.165) is 0 Å². The van der Waals surface area contributed by atoms with Crippen molar-refractivity contribution in [3.05, 3.63) is 17.7 Å². The third-order valence-electron chi connectivity index (χ3n) is 1.61. The van der Waals surface area contributed by atoms with Gasteiger partial charge >= 0.3 is 61.0 Å². The molecule has 0 aliphatic rings. The van der Waals surface area contributed by atoms with E-state index < -0.39 is 5.97 Å². The quantitative estimate of drug-likeness (QED) is 0.517. The second-order valence-corrected chi connectivity index (χ2v) is 2.98. The van der Waals surface area contributed by atoms with Crippen LogP contribution in [0.1, 0.15) is 10.4 Å². The van der Waals surface area contributed by atoms with Gasteiger partial charge in [0.05, 0.1) is 5.97 Å². The molecule has 0 N–H and O–H groups in total. The predicted octanol–water partition coefficient (Wildman–Crippen LogP) is -4.56. The third-order valence-corrected chi connectivity index (χ3v) is 2.24. The summed E-state index contributed by atoms with van der Waals surface area (Å²) in [4.78, 5) is 10.7. The molecule has 1 rings (SSSR count). The Morgan fingerprint density at radius 2 is 1.62 bits per heavy atom. The van der Waals surface area contributed by atoms with Crippen LogP contribution in [0.2, 0.25) is 0 Å². The van der Waals surface area contributed by atoms with Gasteiger partial charge in [0, 0.05) is 5.56 Å². The van der Waals surface area contributed by atoms with Gasteiger partial charge in [-0.05, 0) is 12.1 Å². The standard InChI is InChI=1S/C7H3O5Si3.Na/c8-7(9)3-1-2-4(10-13)6(12-15)5(3)11-14;/h1-2H,(H,8,9);/q;+1/p-1. The van der Waals surface area contributed by atoms with E-state index in [-0.39, 0.29) is 52.4 Å². The Labute approximate surface area is 124 Å². The largest absolute Gasteiger partial charge is 1.00 e. The van der Waals surface area contributed by atoms with Crippen molar-refractivity contribution in [3.8, 4) is 17.2 Å². The minimum Gasteiger partial charge on any atom is -0.545 e. The maximum atomic E-state index is 10.7. The van der Waals surface area contributed by atoms with Crippen molar-refractivity contribution in [2.75, 3.05) is 0 Å². The van der Waals surface area contributed by atoms with Crippen molar-refractivity contribution >= 4 is 37.4 Å². The second-order valence-electron chi connectivity index (χ2n) is 2.36. The van der Waals surface area contributed by atoms with Crippen LogP contribution in [0.3, 0.4) is 0 Å². The molecule has 0 heterocycles. The average Bonchev–Trinajstić information content (AvgIpc) is 2.26. The Hall–Kier alpha value is -0.259. The number of benzene rings is 1. The Kier molecular flexibility index (Phi) is 7.03. The van der Waals surface area contributed by atoms with Crippen molar-refractivity contribution < 1.29 is 52.7 Å². The van der Waals surface area contributed by atoms with Crippen LogP contribution in [-0.2, 0) is 0 Å². The fourth-order valence-corrected chi connectivity index (χ4v) is 1.54. The van der Waals surface area contributed by atoms with E-state index in [1.54, 1.807) is 0 Å². The number of carboxylic acid groups (broad SMARTS) is 1. The van der Waals surface area contributed by atoms with Crippen LogP contribution in [0, 0.1) is 0 Å². The Bertz CT molecular complexity index is 387. The predicted molar refractivity (Wildman–Crippen MR) is 49.9 cm³/mol. The van der Waals surface area contributed by atoms with Gasteiger partial charge in [-0.1, -0.05) is 0 Å². The van der Waals surface area contributed by atoms with Crippen molar-refractivity contribution in [2.24, 2.45) is 0 Å². The molecule has 0 saturated heterocycles. The molecule has 0 spiro atoms. The molecule has 73 valence electrons. The summed E-state index contributed by atoms with van der Waals surface area (Å²) in [6.07, 6.45) is 0. The summed E-state index contributed by atoms with van der Waals surface area (Å²) in [6, 6.07) is 2.64. The Morgan fingerprint density at radius 3 is 2.00 bits per heavy atom. The van der Waals surface area contributed by atoms with Gasteiger partial charge in [0.1, 0.15) is 5.75 Å². The van der Waals surface area contributed by atoms with E-state index in [2.05, 4.69) is 31.5 Å². The maximum absolute atomic E-state index is 10.7. The van der Waals surface area contributed by atoms with Crippen molar-refractivity contribution in [2.45, 2.75) is 0 Å². The van der Waals surface area contributed by atoms with Gasteiger partial charge in [0.15, 0.2) is 11.5 Å². The first-order chi connectivity index (χ1) is 7.15. The molecule has 5 nitrogen and oxygen atoms in total. The minimum absolute atomic E-state index is 0. The normalized spacial score (nSPS) is 8.94. The number of rotatable bonds is 4. The fraction of sp³-hybridized carbons (Fsp3) is 0. The minimum atomic E-state index is -1.39. The van der Waals surface area contributed by atoms with Gasteiger partial charge in [-0.25, -0.2) is 0 Å². The van der Waals surface area contributed by atoms with E-state index in [0.29, 0.717) is 0 Å². The van der Waals surface area contributed by atoms with Gasteiger partial charge in [-0.3, -0.25) is 0 Å². The van der Waals surface area contributed by atoms with Crippen LogP contribution in [0.5, 0.6) is 17.2 Å². The molecule has 0 aliphatic heterocycles. The Balaban J connectivity index is 0.00000225. The van der Waals surface area contributed by atoms with E-state index in [1.807, 2.05) is 0 Å². The van der Waals surface area contributed by atoms with E-state index >= 15 is 0 Å². The number of carbonyl (C=O) groups excluding carboxylic acids is 1. The molecule has 1 aromatic carbocycles. The summed E-state index contributed by atoms with van der Waals surface area (Å²) < 4.78 is 14.2. The summed E-state index contributed by atoms with van der Waals surface area (Å²) in [5.41, 5.74) is -0.175. The molecule has 0 unspecified atom stereocenters. The number of carboxylic acids is 1. The molecular formula is C7H2NaO5Si3. The molecule has 1 aromatic rings. The van der Waals surface area contributed by atoms with Crippen molar-refractivity contribution in [3.63, 3.8) is 0 Å². The summed E-state index contributed by atoms with van der Waals surface area (Å²) in [6.45, 7) is 0. The first-order valence-electron chi connectivity index (χ1n) is 3.54. The molecule has 0 aromatic heterocycles. The van der Waals surface area contributed by atoms with Crippen LogP contribution >= 0.6 is 0 Å². The van der Waals surface area contributed by atoms with Crippen molar-refractivity contribution in [1.82, 2.24) is 0 Å². The van der Waals surface area contributed by atoms with Crippen molar-refractivity contribution in [1.29, 1.82) is 0 Å². The topological polar surface area (TPSA) is 67.8 Å². The molecule has 16 heavy (non-hydrogen) atoms. The molecule has 0 amide bonds. The zero-order chi connectivity index (χ0) is 11.4. The molecular weight excluding hydrogens is 271 g/mol. The molecule has 9 radical (unpaired) electrons. The summed E-state index contributed by atoms with van der Waals surface area (Å²) in [5.74, 6) is -1.18. The molecule has 0 fully saturated rings. The van der Waals surface area contributed by atoms with Crippen LogP contribution < -0.4 is 47.9 Å². The number of hydrogen-bond donors (Lipinski definition) is 0. The first kappa shape index (κ1) is 15.7. The molecule has 9 heteroatoms. The zero-order valence-electron chi connectivity index (χ0n) is 8.20. The van der Waals surface area contributed by atoms with Crippen LogP contribution in [0.4, 0.5) is 0 Å². The van der Waals surface area contributed by atoms with E-state index in [1.165, 1.54) is 12.1 Å². The maximum Gasteiger partial charge on any atom is 1.00 e. The monoisotopic (exact) mass is 273 g/mol. The Morgan fingerprint density at radius 1 is 1.06 bits per heavy atom. The average molecular weight is 273 g/mol. The molecule has 0 atom stereocenters. The number of carbonyl (C=O) groups is 1. The molecule has 0 aliphatic carbocycles. The van der Waals surface area contributed by atoms with E-state index in [9.17, 15) is 9.90 Å². The van der Waals surface area contributed by atoms with Crippen LogP contribution in [0.25, 0.3) is 0 Å². The SMILES string of the molecule is O=C([O-])c1ccc(O[Si])c(O[Si])c1O[Si].[Na+]. The van der Waals surface area contributed by atoms with Gasteiger partial charge < -0.3 is 23.2 Å². The summed E-state index contributed by atoms with van der Waals surface area (Å²) in [7, 11) is 8.26. The van der Waals surface area contributed by atoms with E-state index in [4.69, 9.17) is 13.3 Å². The van der Waals surface area contributed by atoms with Gasteiger partial charge in [-0.15, -0.1) is 0 Å². The number of hydrogen-bond acceptors (Lipinski definition) is 5. The fourth-order valence-electron chi connectivity index (χ4n) is 0.984. The summed E-state index contributed by atoms with van der Waals surface area (Å²) in [5, 5.41) is 10.7. The molecule has 0 saturated carbocycles. The van der Waals surface area contributed by atoms with Crippen LogP contribution in [-0.4, -0.2) is 37.4 Å². The third kappa shape index (κ3) is 3.12. The summed E-state index contributed by atoms with van der Waals surface area (Å²) >= 11 is 0. The van der Waals surface area contributed by atoms with Gasteiger partial charge in [0.2, 0.25) is 0 Å².